The summed E-state index contributed by atoms with van der Waals surface area (Å²) >= 11 is 3.30. The highest BCUT2D eigenvalue weighted by molar-refractivity contribution is 9.10. The number of aliphatic hydroxyl groups excluding tert-OH is 1. The van der Waals surface area contributed by atoms with Crippen molar-refractivity contribution in [2.24, 2.45) is 5.92 Å². The molecule has 1 aromatic carbocycles. The summed E-state index contributed by atoms with van der Waals surface area (Å²) in [4.78, 5) is 26.3. The van der Waals surface area contributed by atoms with Crippen molar-refractivity contribution in [1.82, 2.24) is 10.2 Å². The second kappa shape index (κ2) is 8.06. The molecule has 0 aliphatic carbocycles. The second-order valence-corrected chi connectivity index (χ2v) is 6.91. The zero-order valence-electron chi connectivity index (χ0n) is 13.5. The number of benzene rings is 1. The zero-order chi connectivity index (χ0) is 17.9. The molecule has 2 amide bonds. The topological polar surface area (TPSA) is 99.1 Å². The van der Waals surface area contributed by atoms with Gasteiger partial charge in [-0.3, -0.25) is 9.59 Å². The first-order valence-electron chi connectivity index (χ1n) is 7.62. The third kappa shape index (κ3) is 4.32. The minimum Gasteiger partial charge on any atom is -0.366 e. The van der Waals surface area contributed by atoms with Gasteiger partial charge in [-0.2, -0.15) is 0 Å². The molecule has 0 saturated carbocycles. The number of carbonyl (C=O) groups is 2. The van der Waals surface area contributed by atoms with E-state index in [2.05, 4.69) is 21.2 Å². The highest BCUT2D eigenvalue weighted by Gasteiger charge is 2.38. The van der Waals surface area contributed by atoms with Gasteiger partial charge in [-0.15, -0.1) is 0 Å². The van der Waals surface area contributed by atoms with E-state index in [9.17, 15) is 19.8 Å². The SMILES string of the molecule is CC(C)[C@H](NC(=O)c1ccc(Br)cc1)C(=O)N1COC[C@H]1C(O)O. The highest BCUT2D eigenvalue weighted by Crippen LogP contribution is 2.17. The number of nitrogens with zero attached hydrogens (tertiary/aromatic N) is 1. The molecule has 0 aromatic heterocycles. The van der Waals surface area contributed by atoms with Crippen molar-refractivity contribution in [3.05, 3.63) is 34.3 Å². The Labute approximate surface area is 148 Å². The monoisotopic (exact) mass is 400 g/mol. The van der Waals surface area contributed by atoms with Crippen LogP contribution in [0.15, 0.2) is 28.7 Å². The average molecular weight is 401 g/mol. The van der Waals surface area contributed by atoms with E-state index in [-0.39, 0.29) is 25.2 Å². The minimum atomic E-state index is -1.69. The molecule has 0 bridgehead atoms. The Bertz CT molecular complexity index is 591. The summed E-state index contributed by atoms with van der Waals surface area (Å²) in [6.07, 6.45) is -1.69. The molecule has 132 valence electrons. The first kappa shape index (κ1) is 18.9. The molecule has 7 nitrogen and oxygen atoms in total. The van der Waals surface area contributed by atoms with Gasteiger partial charge in [-0.05, 0) is 30.2 Å². The molecule has 1 aliphatic heterocycles. The Kier molecular flexibility index (Phi) is 6.34. The van der Waals surface area contributed by atoms with Crippen LogP contribution in [0.1, 0.15) is 24.2 Å². The van der Waals surface area contributed by atoms with Crippen molar-refractivity contribution in [2.45, 2.75) is 32.2 Å². The fourth-order valence-electron chi connectivity index (χ4n) is 2.45. The van der Waals surface area contributed by atoms with Crippen LogP contribution in [0, 0.1) is 5.92 Å². The number of carbonyl (C=O) groups excluding carboxylic acids is 2. The van der Waals surface area contributed by atoms with Crippen LogP contribution in [0.25, 0.3) is 0 Å². The van der Waals surface area contributed by atoms with Gasteiger partial charge < -0.3 is 25.2 Å². The Morgan fingerprint density at radius 3 is 2.46 bits per heavy atom. The number of hydrogen-bond acceptors (Lipinski definition) is 5. The number of aliphatic hydroxyl groups is 2. The summed E-state index contributed by atoms with van der Waals surface area (Å²) in [7, 11) is 0. The van der Waals surface area contributed by atoms with Crippen LogP contribution in [0.5, 0.6) is 0 Å². The first-order chi connectivity index (χ1) is 11.3. The lowest BCUT2D eigenvalue weighted by molar-refractivity contribution is -0.145. The third-order valence-corrected chi connectivity index (χ3v) is 4.40. The summed E-state index contributed by atoms with van der Waals surface area (Å²) in [5, 5.41) is 21.5. The van der Waals surface area contributed by atoms with Crippen LogP contribution < -0.4 is 5.32 Å². The van der Waals surface area contributed by atoms with Crippen molar-refractivity contribution in [3.63, 3.8) is 0 Å². The van der Waals surface area contributed by atoms with E-state index in [1.54, 1.807) is 24.3 Å². The number of hydrogen-bond donors (Lipinski definition) is 3. The van der Waals surface area contributed by atoms with Crippen molar-refractivity contribution < 1.29 is 24.5 Å². The van der Waals surface area contributed by atoms with Gasteiger partial charge in [0.2, 0.25) is 5.91 Å². The number of halogens is 1. The zero-order valence-corrected chi connectivity index (χ0v) is 15.1. The maximum absolute atomic E-state index is 12.7. The predicted molar refractivity (Wildman–Crippen MR) is 89.9 cm³/mol. The number of ether oxygens (including phenoxy) is 1. The lowest BCUT2D eigenvalue weighted by Gasteiger charge is -2.30. The van der Waals surface area contributed by atoms with Gasteiger partial charge in [-0.25, -0.2) is 0 Å². The van der Waals surface area contributed by atoms with E-state index in [1.807, 2.05) is 13.8 Å². The summed E-state index contributed by atoms with van der Waals surface area (Å²) in [5.41, 5.74) is 0.438. The molecule has 24 heavy (non-hydrogen) atoms. The molecular formula is C16H21BrN2O5. The fraction of sp³-hybridized carbons (Fsp3) is 0.500. The lowest BCUT2D eigenvalue weighted by Crippen LogP contribution is -2.54. The molecule has 3 N–H and O–H groups in total. The van der Waals surface area contributed by atoms with Crippen molar-refractivity contribution in [3.8, 4) is 0 Å². The highest BCUT2D eigenvalue weighted by atomic mass is 79.9. The standard InChI is InChI=1S/C16H21BrN2O5/c1-9(2)13(15(21)19-8-24-7-12(19)16(22)23)18-14(20)10-3-5-11(17)6-4-10/h3-6,9,12-13,16,22-23H,7-8H2,1-2H3,(H,18,20)/t12-,13-/m0/s1. The van der Waals surface area contributed by atoms with E-state index in [4.69, 9.17) is 4.74 Å². The number of nitrogens with one attached hydrogen (secondary N) is 1. The Balaban J connectivity index is 2.12. The van der Waals surface area contributed by atoms with Crippen LogP contribution in [0.2, 0.25) is 0 Å². The van der Waals surface area contributed by atoms with Crippen LogP contribution in [0.3, 0.4) is 0 Å². The van der Waals surface area contributed by atoms with Gasteiger partial charge in [0.25, 0.3) is 5.91 Å². The van der Waals surface area contributed by atoms with Crippen LogP contribution in [-0.4, -0.2) is 58.6 Å². The van der Waals surface area contributed by atoms with Crippen molar-refractivity contribution in [2.75, 3.05) is 13.3 Å². The van der Waals surface area contributed by atoms with E-state index < -0.39 is 24.3 Å². The molecule has 1 aliphatic rings. The van der Waals surface area contributed by atoms with Gasteiger partial charge in [0, 0.05) is 10.0 Å². The van der Waals surface area contributed by atoms with Gasteiger partial charge in [-0.1, -0.05) is 29.8 Å². The van der Waals surface area contributed by atoms with Gasteiger partial charge >= 0.3 is 0 Å². The van der Waals surface area contributed by atoms with Gasteiger partial charge in [0.15, 0.2) is 6.29 Å². The van der Waals surface area contributed by atoms with E-state index in [1.165, 1.54) is 4.90 Å². The maximum atomic E-state index is 12.7. The Hall–Kier alpha value is -1.48. The molecule has 1 heterocycles. The molecule has 2 atom stereocenters. The Morgan fingerprint density at radius 2 is 1.92 bits per heavy atom. The normalized spacial score (nSPS) is 19.0. The van der Waals surface area contributed by atoms with Crippen LogP contribution in [0.4, 0.5) is 0 Å². The molecular weight excluding hydrogens is 380 g/mol. The molecule has 0 unspecified atom stereocenters. The number of amides is 2. The minimum absolute atomic E-state index is 0.0293. The first-order valence-corrected chi connectivity index (χ1v) is 8.41. The lowest BCUT2D eigenvalue weighted by atomic mass is 10.0. The van der Waals surface area contributed by atoms with Crippen LogP contribution >= 0.6 is 15.9 Å². The molecule has 0 spiro atoms. The number of rotatable bonds is 5. The molecule has 1 aromatic rings. The largest absolute Gasteiger partial charge is 0.366 e. The van der Waals surface area contributed by atoms with Crippen molar-refractivity contribution in [1.29, 1.82) is 0 Å². The fourth-order valence-corrected chi connectivity index (χ4v) is 2.71. The van der Waals surface area contributed by atoms with E-state index in [0.717, 1.165) is 4.47 Å². The molecule has 1 fully saturated rings. The van der Waals surface area contributed by atoms with E-state index in [0.29, 0.717) is 5.56 Å². The molecule has 2 rings (SSSR count). The third-order valence-electron chi connectivity index (χ3n) is 3.87. The summed E-state index contributed by atoms with van der Waals surface area (Å²) in [6.45, 7) is 3.64. The molecule has 8 heteroatoms. The van der Waals surface area contributed by atoms with Gasteiger partial charge in [0.1, 0.15) is 18.8 Å². The average Bonchev–Trinajstić information content (AvgIpc) is 3.02. The maximum Gasteiger partial charge on any atom is 0.251 e. The van der Waals surface area contributed by atoms with E-state index >= 15 is 0 Å². The molecule has 1 saturated heterocycles. The summed E-state index contributed by atoms with van der Waals surface area (Å²) in [5.74, 6) is -0.934. The quantitative estimate of drug-likeness (QED) is 0.631. The summed E-state index contributed by atoms with van der Waals surface area (Å²) < 4.78 is 6.00. The summed E-state index contributed by atoms with van der Waals surface area (Å²) in [6, 6.07) is 5.18. The molecule has 0 radical (unpaired) electrons. The predicted octanol–water partition coefficient (Wildman–Crippen LogP) is 0.699. The van der Waals surface area contributed by atoms with Crippen LogP contribution in [-0.2, 0) is 9.53 Å². The van der Waals surface area contributed by atoms with Gasteiger partial charge in [0.05, 0.1) is 6.61 Å². The van der Waals surface area contributed by atoms with Crippen molar-refractivity contribution >= 4 is 27.7 Å². The second-order valence-electron chi connectivity index (χ2n) is 5.99. The smallest absolute Gasteiger partial charge is 0.251 e. The Morgan fingerprint density at radius 1 is 1.29 bits per heavy atom.